The van der Waals surface area contributed by atoms with Crippen molar-refractivity contribution in [1.82, 2.24) is 4.57 Å². The van der Waals surface area contributed by atoms with Crippen molar-refractivity contribution >= 4 is 23.5 Å². The maximum atomic E-state index is 9.85. The lowest BCUT2D eigenvalue weighted by atomic mass is 10.0. The molecule has 4 heteroatoms. The first-order valence-corrected chi connectivity index (χ1v) is 5.78. The summed E-state index contributed by atoms with van der Waals surface area (Å²) in [5.74, 6) is 0.244. The number of rotatable bonds is 3. The number of fused-ring (bicyclic) bond motifs is 1. The van der Waals surface area contributed by atoms with E-state index in [4.69, 9.17) is 0 Å². The average Bonchev–Trinajstić information content (AvgIpc) is 2.68. The van der Waals surface area contributed by atoms with Crippen molar-refractivity contribution in [2.45, 2.75) is 12.2 Å². The predicted octanol–water partition coefficient (Wildman–Crippen LogP) is 1.50. The number of hydrogen-bond donors (Lipinski definition) is 3. The van der Waals surface area contributed by atoms with E-state index in [1.54, 1.807) is 0 Å². The van der Waals surface area contributed by atoms with Gasteiger partial charge in [-0.2, -0.15) is 12.6 Å². The molecular weight excluding hydrogens is 222 g/mol. The monoisotopic (exact) mass is 237 g/mol. The van der Waals surface area contributed by atoms with Gasteiger partial charge in [0.05, 0.1) is 6.10 Å². The Labute approximate surface area is 99.7 Å². The van der Waals surface area contributed by atoms with Crippen molar-refractivity contribution in [2.75, 3.05) is 5.75 Å². The van der Waals surface area contributed by atoms with Crippen LogP contribution < -0.4 is 0 Å². The summed E-state index contributed by atoms with van der Waals surface area (Å²) in [7, 11) is 1.97. The van der Waals surface area contributed by atoms with E-state index in [0.717, 1.165) is 16.5 Å². The van der Waals surface area contributed by atoms with Crippen LogP contribution in [0.4, 0.5) is 0 Å². The normalized spacial score (nSPS) is 15.2. The van der Waals surface area contributed by atoms with Gasteiger partial charge in [0.15, 0.2) is 0 Å². The zero-order valence-corrected chi connectivity index (χ0v) is 9.93. The maximum Gasteiger partial charge on any atom is 0.106 e. The van der Waals surface area contributed by atoms with Crippen LogP contribution in [0.1, 0.15) is 11.7 Å². The summed E-state index contributed by atoms with van der Waals surface area (Å²) in [6.45, 7) is 0. The molecule has 0 saturated heterocycles. The number of nitrogens with zero attached hydrogens (tertiary/aromatic N) is 1. The summed E-state index contributed by atoms with van der Waals surface area (Å²) in [5, 5.41) is 20.4. The molecule has 0 spiro atoms. The zero-order valence-electron chi connectivity index (χ0n) is 9.04. The number of thiol groups is 1. The van der Waals surface area contributed by atoms with Crippen molar-refractivity contribution < 1.29 is 10.2 Å². The average molecular weight is 237 g/mol. The summed E-state index contributed by atoms with van der Waals surface area (Å²) in [6, 6.07) is 7.66. The van der Waals surface area contributed by atoms with Gasteiger partial charge in [-0.1, -0.05) is 6.07 Å². The van der Waals surface area contributed by atoms with Gasteiger partial charge in [0.1, 0.15) is 6.10 Å². The highest BCUT2D eigenvalue weighted by Gasteiger charge is 2.17. The molecule has 0 radical (unpaired) electrons. The molecular formula is C12H15NO2S. The first kappa shape index (κ1) is 11.5. The molecule has 0 amide bonds. The third kappa shape index (κ3) is 1.96. The largest absolute Gasteiger partial charge is 0.389 e. The number of aliphatic hydroxyl groups excluding tert-OH is 2. The number of aliphatic hydroxyl groups is 2. The maximum absolute atomic E-state index is 9.85. The topological polar surface area (TPSA) is 45.4 Å². The summed E-state index contributed by atoms with van der Waals surface area (Å²) < 4.78 is 2.01. The Morgan fingerprint density at radius 1 is 1.31 bits per heavy atom. The van der Waals surface area contributed by atoms with Crippen molar-refractivity contribution in [3.8, 4) is 0 Å². The third-order valence-corrected chi connectivity index (χ3v) is 3.18. The Bertz CT molecular complexity index is 495. The molecule has 0 bridgehead atoms. The fourth-order valence-electron chi connectivity index (χ4n) is 1.81. The van der Waals surface area contributed by atoms with Gasteiger partial charge in [-0.05, 0) is 29.1 Å². The highest BCUT2D eigenvalue weighted by atomic mass is 32.1. The molecule has 1 heterocycles. The second kappa shape index (κ2) is 4.49. The van der Waals surface area contributed by atoms with Crippen LogP contribution in [0.15, 0.2) is 30.5 Å². The SMILES string of the molecule is Cn1ccc2cc(C(O)C(O)CS)ccc21. The minimum Gasteiger partial charge on any atom is -0.389 e. The van der Waals surface area contributed by atoms with Crippen molar-refractivity contribution in [3.63, 3.8) is 0 Å². The minimum atomic E-state index is -0.873. The molecule has 1 aromatic heterocycles. The van der Waals surface area contributed by atoms with Gasteiger partial charge in [-0.25, -0.2) is 0 Å². The molecule has 0 fully saturated rings. The van der Waals surface area contributed by atoms with Gasteiger partial charge >= 0.3 is 0 Å². The molecule has 2 atom stereocenters. The van der Waals surface area contributed by atoms with Crippen LogP contribution in [-0.4, -0.2) is 26.6 Å². The van der Waals surface area contributed by atoms with Crippen molar-refractivity contribution in [3.05, 3.63) is 36.0 Å². The van der Waals surface area contributed by atoms with E-state index in [9.17, 15) is 10.2 Å². The van der Waals surface area contributed by atoms with Gasteiger partial charge < -0.3 is 14.8 Å². The first-order chi connectivity index (χ1) is 7.63. The lowest BCUT2D eigenvalue weighted by Gasteiger charge is -2.16. The molecule has 2 N–H and O–H groups in total. The summed E-state index contributed by atoms with van der Waals surface area (Å²) in [5.41, 5.74) is 1.83. The molecule has 2 aromatic rings. The third-order valence-electron chi connectivity index (χ3n) is 2.80. The lowest BCUT2D eigenvalue weighted by Crippen LogP contribution is -2.19. The molecule has 0 aliphatic heterocycles. The Kier molecular flexibility index (Phi) is 3.23. The van der Waals surface area contributed by atoms with Crippen LogP contribution in [0.25, 0.3) is 10.9 Å². The number of aromatic nitrogens is 1. The van der Waals surface area contributed by atoms with E-state index >= 15 is 0 Å². The minimum absolute atomic E-state index is 0.244. The van der Waals surface area contributed by atoms with Crippen molar-refractivity contribution in [1.29, 1.82) is 0 Å². The fraction of sp³-hybridized carbons (Fsp3) is 0.333. The molecule has 0 aliphatic rings. The van der Waals surface area contributed by atoms with E-state index in [-0.39, 0.29) is 5.75 Å². The molecule has 1 aromatic carbocycles. The number of aryl methyl sites for hydroxylation is 1. The highest BCUT2D eigenvalue weighted by Crippen LogP contribution is 2.23. The Balaban J connectivity index is 2.39. The fourth-order valence-corrected chi connectivity index (χ4v) is 2.01. The van der Waals surface area contributed by atoms with Crippen LogP contribution in [0.5, 0.6) is 0 Å². The summed E-state index contributed by atoms with van der Waals surface area (Å²) in [4.78, 5) is 0. The summed E-state index contributed by atoms with van der Waals surface area (Å²) in [6.07, 6.45) is 0.266. The van der Waals surface area contributed by atoms with Crippen molar-refractivity contribution in [2.24, 2.45) is 7.05 Å². The van der Waals surface area contributed by atoms with Gasteiger partial charge in [-0.15, -0.1) is 0 Å². The van der Waals surface area contributed by atoms with Gasteiger partial charge in [0.2, 0.25) is 0 Å². The standard InChI is InChI=1S/C12H15NO2S/c1-13-5-4-8-6-9(2-3-10(8)13)12(15)11(14)7-16/h2-6,11-12,14-16H,7H2,1H3. The van der Waals surface area contributed by atoms with E-state index in [1.165, 1.54) is 0 Å². The second-order valence-electron chi connectivity index (χ2n) is 3.94. The van der Waals surface area contributed by atoms with E-state index in [2.05, 4.69) is 12.6 Å². The number of hydrogen-bond acceptors (Lipinski definition) is 3. The smallest absolute Gasteiger partial charge is 0.106 e. The Morgan fingerprint density at radius 3 is 2.75 bits per heavy atom. The molecule has 16 heavy (non-hydrogen) atoms. The molecule has 86 valence electrons. The summed E-state index contributed by atoms with van der Waals surface area (Å²) >= 11 is 3.97. The molecule has 3 nitrogen and oxygen atoms in total. The van der Waals surface area contributed by atoms with Crippen LogP contribution in [0, 0.1) is 0 Å². The van der Waals surface area contributed by atoms with E-state index < -0.39 is 12.2 Å². The van der Waals surface area contributed by atoms with Gasteiger partial charge in [0.25, 0.3) is 0 Å². The van der Waals surface area contributed by atoms with E-state index in [0.29, 0.717) is 0 Å². The van der Waals surface area contributed by atoms with Crippen LogP contribution in [0.2, 0.25) is 0 Å². The molecule has 0 aliphatic carbocycles. The number of benzene rings is 1. The lowest BCUT2D eigenvalue weighted by molar-refractivity contribution is 0.0338. The highest BCUT2D eigenvalue weighted by molar-refractivity contribution is 7.80. The molecule has 2 unspecified atom stereocenters. The first-order valence-electron chi connectivity index (χ1n) is 5.15. The quantitative estimate of drug-likeness (QED) is 0.708. The van der Waals surface area contributed by atoms with E-state index in [1.807, 2.05) is 42.1 Å². The Morgan fingerprint density at radius 2 is 2.06 bits per heavy atom. The van der Waals surface area contributed by atoms with Crippen LogP contribution in [-0.2, 0) is 7.05 Å². The van der Waals surface area contributed by atoms with Gasteiger partial charge in [0, 0.05) is 24.5 Å². The second-order valence-corrected chi connectivity index (χ2v) is 4.30. The molecule has 2 rings (SSSR count). The Hall–Kier alpha value is -0.970. The van der Waals surface area contributed by atoms with Crippen LogP contribution >= 0.6 is 12.6 Å². The predicted molar refractivity (Wildman–Crippen MR) is 67.7 cm³/mol. The molecule has 0 saturated carbocycles. The zero-order chi connectivity index (χ0) is 11.7. The van der Waals surface area contributed by atoms with Crippen LogP contribution in [0.3, 0.4) is 0 Å². The van der Waals surface area contributed by atoms with Gasteiger partial charge in [-0.3, -0.25) is 0 Å².